The first-order valence-electron chi connectivity index (χ1n) is 7.72. The maximum Gasteiger partial charge on any atom is 0.197 e. The Morgan fingerprint density at radius 2 is 1.92 bits per heavy atom. The molecule has 0 fully saturated rings. The lowest BCUT2D eigenvalue weighted by Crippen LogP contribution is -2.09. The molecule has 4 heterocycles. The second kappa shape index (κ2) is 6.14. The van der Waals surface area contributed by atoms with Crippen LogP contribution in [0.3, 0.4) is 0 Å². The molecule has 4 aromatic rings. The minimum Gasteiger partial charge on any atom is -0.413 e. The van der Waals surface area contributed by atoms with Crippen LogP contribution < -0.4 is 10.6 Å². The molecule has 2 N–H and O–H groups in total. The second-order valence-electron chi connectivity index (χ2n) is 5.43. The SMILES string of the molecule is COn1c(-c2cccnc2N)nc2ccc(-c3ccc(C#N)cn3)nc21. The summed E-state index contributed by atoms with van der Waals surface area (Å²) in [7, 11) is 1.53. The average Bonchev–Trinajstić information content (AvgIpc) is 3.06. The summed E-state index contributed by atoms with van der Waals surface area (Å²) in [5, 5.41) is 8.89. The van der Waals surface area contributed by atoms with Gasteiger partial charge in [-0.25, -0.2) is 15.0 Å². The van der Waals surface area contributed by atoms with Crippen molar-refractivity contribution in [3.8, 4) is 28.8 Å². The van der Waals surface area contributed by atoms with Crippen LogP contribution in [0.4, 0.5) is 5.82 Å². The van der Waals surface area contributed by atoms with Gasteiger partial charge < -0.3 is 10.6 Å². The van der Waals surface area contributed by atoms with Crippen molar-refractivity contribution in [1.82, 2.24) is 24.7 Å². The molecule has 126 valence electrons. The smallest absolute Gasteiger partial charge is 0.197 e. The lowest BCUT2D eigenvalue weighted by atomic mass is 10.2. The van der Waals surface area contributed by atoms with Crippen molar-refractivity contribution in [1.29, 1.82) is 5.26 Å². The highest BCUT2D eigenvalue weighted by Gasteiger charge is 2.17. The van der Waals surface area contributed by atoms with Gasteiger partial charge in [0.15, 0.2) is 11.5 Å². The fraction of sp³-hybridized carbons (Fsp3) is 0.0556. The summed E-state index contributed by atoms with van der Waals surface area (Å²) in [5.41, 5.74) is 9.61. The van der Waals surface area contributed by atoms with Gasteiger partial charge in [-0.05, 0) is 36.4 Å². The van der Waals surface area contributed by atoms with E-state index in [0.29, 0.717) is 45.3 Å². The number of nitrogens with zero attached hydrogens (tertiary/aromatic N) is 6. The van der Waals surface area contributed by atoms with E-state index >= 15 is 0 Å². The lowest BCUT2D eigenvalue weighted by Gasteiger charge is -2.07. The van der Waals surface area contributed by atoms with Crippen LogP contribution in [-0.4, -0.2) is 31.8 Å². The molecule has 0 radical (unpaired) electrons. The van der Waals surface area contributed by atoms with Crippen LogP contribution in [0.5, 0.6) is 0 Å². The van der Waals surface area contributed by atoms with Crippen molar-refractivity contribution in [2.24, 2.45) is 0 Å². The average molecular weight is 343 g/mol. The van der Waals surface area contributed by atoms with E-state index in [2.05, 4.69) is 19.9 Å². The predicted molar refractivity (Wildman–Crippen MR) is 95.6 cm³/mol. The number of hydrogen-bond acceptors (Lipinski definition) is 7. The predicted octanol–water partition coefficient (Wildman–Crippen LogP) is 2.07. The minimum atomic E-state index is 0.357. The van der Waals surface area contributed by atoms with Crippen LogP contribution in [0, 0.1) is 11.3 Å². The second-order valence-corrected chi connectivity index (χ2v) is 5.43. The molecule has 0 saturated heterocycles. The van der Waals surface area contributed by atoms with Crippen LogP contribution in [0.25, 0.3) is 33.9 Å². The third-order valence-corrected chi connectivity index (χ3v) is 3.88. The van der Waals surface area contributed by atoms with Crippen LogP contribution in [0.15, 0.2) is 48.8 Å². The zero-order valence-electron chi connectivity index (χ0n) is 13.8. The summed E-state index contributed by atoms with van der Waals surface area (Å²) >= 11 is 0. The fourth-order valence-corrected chi connectivity index (χ4v) is 2.64. The van der Waals surface area contributed by atoms with Gasteiger partial charge in [0.25, 0.3) is 0 Å². The number of nitrogens with two attached hydrogens (primary N) is 1. The topological polar surface area (TPSA) is 116 Å². The standard InChI is InChI=1S/C18H13N7O/c1-26-25-17(12-3-2-8-21-16(12)20)24-15-7-6-14(23-18(15)25)13-5-4-11(9-19)10-22-13/h2-8,10H,1H3,(H2,20,21). The first-order chi connectivity index (χ1) is 12.7. The Morgan fingerprint density at radius 1 is 1.08 bits per heavy atom. The summed E-state index contributed by atoms with van der Waals surface area (Å²) in [6.07, 6.45) is 3.13. The maximum absolute atomic E-state index is 8.89. The Bertz CT molecular complexity index is 1140. The molecule has 0 unspecified atom stereocenters. The zero-order valence-corrected chi connectivity index (χ0v) is 13.8. The lowest BCUT2D eigenvalue weighted by molar-refractivity contribution is 0.180. The highest BCUT2D eigenvalue weighted by atomic mass is 16.6. The van der Waals surface area contributed by atoms with Gasteiger partial charge in [0.05, 0.1) is 22.5 Å². The zero-order chi connectivity index (χ0) is 18.1. The van der Waals surface area contributed by atoms with Gasteiger partial charge in [-0.15, -0.1) is 4.73 Å². The number of pyridine rings is 3. The van der Waals surface area contributed by atoms with Crippen LogP contribution >= 0.6 is 0 Å². The van der Waals surface area contributed by atoms with Crippen molar-refractivity contribution in [3.05, 3.63) is 54.4 Å². The number of hydrogen-bond donors (Lipinski definition) is 1. The highest BCUT2D eigenvalue weighted by molar-refractivity contribution is 5.81. The Balaban J connectivity index is 1.88. The third kappa shape index (κ3) is 2.48. The molecule has 8 heteroatoms. The minimum absolute atomic E-state index is 0.357. The molecule has 0 atom stereocenters. The van der Waals surface area contributed by atoms with Gasteiger partial charge in [0.1, 0.15) is 24.5 Å². The molecular formula is C18H13N7O. The normalized spacial score (nSPS) is 10.6. The first-order valence-corrected chi connectivity index (χ1v) is 7.72. The molecule has 0 aliphatic heterocycles. The highest BCUT2D eigenvalue weighted by Crippen LogP contribution is 2.27. The Labute approximate surface area is 148 Å². The van der Waals surface area contributed by atoms with E-state index in [0.717, 1.165) is 0 Å². The van der Waals surface area contributed by atoms with E-state index in [1.165, 1.54) is 18.0 Å². The molecule has 0 aliphatic rings. The number of anilines is 1. The van der Waals surface area contributed by atoms with E-state index in [4.69, 9.17) is 15.8 Å². The van der Waals surface area contributed by atoms with Gasteiger partial charge in [0, 0.05) is 12.4 Å². The molecule has 26 heavy (non-hydrogen) atoms. The van der Waals surface area contributed by atoms with Crippen LogP contribution in [-0.2, 0) is 0 Å². The number of rotatable bonds is 3. The molecule has 0 bridgehead atoms. The van der Waals surface area contributed by atoms with E-state index in [1.54, 1.807) is 24.4 Å². The van der Waals surface area contributed by atoms with Crippen molar-refractivity contribution in [3.63, 3.8) is 0 Å². The number of nitrogen functional groups attached to an aromatic ring is 1. The Morgan fingerprint density at radius 3 is 2.62 bits per heavy atom. The van der Waals surface area contributed by atoms with Gasteiger partial charge >= 0.3 is 0 Å². The number of imidazole rings is 1. The first kappa shape index (κ1) is 15.5. The summed E-state index contributed by atoms with van der Waals surface area (Å²) in [6.45, 7) is 0. The fourth-order valence-electron chi connectivity index (χ4n) is 2.64. The van der Waals surface area contributed by atoms with Gasteiger partial charge in [-0.2, -0.15) is 5.26 Å². The van der Waals surface area contributed by atoms with E-state index in [-0.39, 0.29) is 0 Å². The summed E-state index contributed by atoms with van der Waals surface area (Å²) in [5.74, 6) is 0.876. The maximum atomic E-state index is 8.89. The van der Waals surface area contributed by atoms with Crippen molar-refractivity contribution in [2.45, 2.75) is 0 Å². The molecule has 0 aliphatic carbocycles. The van der Waals surface area contributed by atoms with Crippen LogP contribution in [0.2, 0.25) is 0 Å². The molecule has 0 amide bonds. The van der Waals surface area contributed by atoms with E-state index in [1.807, 2.05) is 24.3 Å². The number of fused-ring (bicyclic) bond motifs is 1. The molecule has 4 rings (SSSR count). The molecule has 0 spiro atoms. The van der Waals surface area contributed by atoms with E-state index < -0.39 is 0 Å². The van der Waals surface area contributed by atoms with E-state index in [9.17, 15) is 0 Å². The van der Waals surface area contributed by atoms with Crippen molar-refractivity contribution < 1.29 is 4.84 Å². The van der Waals surface area contributed by atoms with Gasteiger partial charge in [-0.3, -0.25) is 4.98 Å². The number of aromatic nitrogens is 5. The monoisotopic (exact) mass is 343 g/mol. The van der Waals surface area contributed by atoms with Crippen LogP contribution in [0.1, 0.15) is 5.56 Å². The van der Waals surface area contributed by atoms with Crippen molar-refractivity contribution in [2.75, 3.05) is 12.8 Å². The Kier molecular flexibility index (Phi) is 3.67. The largest absolute Gasteiger partial charge is 0.413 e. The third-order valence-electron chi connectivity index (χ3n) is 3.88. The van der Waals surface area contributed by atoms with Gasteiger partial charge in [-0.1, -0.05) is 0 Å². The molecular weight excluding hydrogens is 330 g/mol. The summed E-state index contributed by atoms with van der Waals surface area (Å²) in [4.78, 5) is 23.0. The van der Waals surface area contributed by atoms with Crippen molar-refractivity contribution >= 4 is 17.0 Å². The Hall–Kier alpha value is -3.99. The molecule has 0 saturated carbocycles. The molecule has 0 aromatic carbocycles. The summed E-state index contributed by atoms with van der Waals surface area (Å²) in [6, 6.07) is 12.8. The quantitative estimate of drug-likeness (QED) is 0.605. The number of nitriles is 1. The molecule has 8 nitrogen and oxygen atoms in total. The summed E-state index contributed by atoms with van der Waals surface area (Å²) < 4.78 is 1.51. The van der Waals surface area contributed by atoms with Gasteiger partial charge in [0.2, 0.25) is 0 Å². The molecule has 4 aromatic heterocycles.